The van der Waals surface area contributed by atoms with Crippen molar-refractivity contribution in [1.29, 1.82) is 0 Å². The maximum atomic E-state index is 12.7. The molecule has 0 bridgehead atoms. The Labute approximate surface area is 112 Å². The minimum Gasteiger partial charge on any atom is -0.478 e. The molecule has 19 heavy (non-hydrogen) atoms. The van der Waals surface area contributed by atoms with Crippen LogP contribution in [-0.4, -0.2) is 17.0 Å². The van der Waals surface area contributed by atoms with Crippen LogP contribution in [0.15, 0.2) is 35.0 Å². The van der Waals surface area contributed by atoms with Gasteiger partial charge >= 0.3 is 5.97 Å². The molecule has 2 rings (SSSR count). The van der Waals surface area contributed by atoms with Gasteiger partial charge in [0.25, 0.3) is 0 Å². The Balaban J connectivity index is 2.03. The van der Waals surface area contributed by atoms with E-state index >= 15 is 0 Å². The molecule has 0 radical (unpaired) electrons. The van der Waals surface area contributed by atoms with Crippen molar-refractivity contribution in [3.05, 3.63) is 52.0 Å². The summed E-state index contributed by atoms with van der Waals surface area (Å²) in [7, 11) is 0. The van der Waals surface area contributed by atoms with E-state index in [0.717, 1.165) is 0 Å². The van der Waals surface area contributed by atoms with Gasteiger partial charge in [0, 0.05) is 10.8 Å². The smallest absolute Gasteiger partial charge is 0.338 e. The zero-order valence-corrected chi connectivity index (χ0v) is 10.5. The fourth-order valence-electron chi connectivity index (χ4n) is 1.54. The number of carbonyl (C=O) groups excluding carboxylic acids is 1. The Morgan fingerprint density at radius 1 is 1.21 bits per heavy atom. The van der Waals surface area contributed by atoms with Crippen LogP contribution in [0.25, 0.3) is 0 Å². The second-order valence-corrected chi connectivity index (χ2v) is 4.60. The van der Waals surface area contributed by atoms with Crippen LogP contribution >= 0.6 is 11.3 Å². The number of amides is 1. The molecule has 2 N–H and O–H groups in total. The van der Waals surface area contributed by atoms with Crippen LogP contribution in [0.5, 0.6) is 0 Å². The Morgan fingerprint density at radius 3 is 2.53 bits per heavy atom. The van der Waals surface area contributed by atoms with E-state index in [0.29, 0.717) is 5.56 Å². The first-order valence-corrected chi connectivity index (χ1v) is 6.34. The van der Waals surface area contributed by atoms with Gasteiger partial charge in [0.1, 0.15) is 5.82 Å². The maximum absolute atomic E-state index is 12.7. The first-order chi connectivity index (χ1) is 9.06. The summed E-state index contributed by atoms with van der Waals surface area (Å²) in [6, 6.07) is 5.58. The summed E-state index contributed by atoms with van der Waals surface area (Å²) >= 11 is 1.20. The third kappa shape index (κ3) is 3.38. The predicted octanol–water partition coefficient (Wildman–Crippen LogP) is 2.77. The monoisotopic (exact) mass is 279 g/mol. The maximum Gasteiger partial charge on any atom is 0.338 e. The van der Waals surface area contributed by atoms with Crippen LogP contribution in [0.4, 0.5) is 10.1 Å². The Bertz CT molecular complexity index is 607. The summed E-state index contributed by atoms with van der Waals surface area (Å²) in [6.45, 7) is 0. The van der Waals surface area contributed by atoms with Crippen molar-refractivity contribution in [2.45, 2.75) is 6.42 Å². The Hall–Kier alpha value is -2.21. The van der Waals surface area contributed by atoms with Crippen LogP contribution in [0, 0.1) is 5.82 Å². The van der Waals surface area contributed by atoms with Crippen LogP contribution in [-0.2, 0) is 11.2 Å². The molecule has 1 aromatic carbocycles. The first-order valence-electron chi connectivity index (χ1n) is 5.40. The number of carbonyl (C=O) groups is 2. The largest absolute Gasteiger partial charge is 0.478 e. The second-order valence-electron chi connectivity index (χ2n) is 3.86. The minimum atomic E-state index is -1.08. The summed E-state index contributed by atoms with van der Waals surface area (Å²) in [6.07, 6.45) is 0.0647. The Morgan fingerprint density at radius 2 is 1.89 bits per heavy atom. The molecule has 1 aromatic heterocycles. The molecule has 98 valence electrons. The zero-order chi connectivity index (χ0) is 13.8. The number of hydrogen-bond acceptors (Lipinski definition) is 3. The van der Waals surface area contributed by atoms with Crippen molar-refractivity contribution in [2.24, 2.45) is 0 Å². The van der Waals surface area contributed by atoms with Crippen LogP contribution in [0.1, 0.15) is 15.9 Å². The molecule has 6 heteroatoms. The summed E-state index contributed by atoms with van der Waals surface area (Å²) < 4.78 is 12.7. The van der Waals surface area contributed by atoms with Crippen LogP contribution in [0.3, 0.4) is 0 Å². The van der Waals surface area contributed by atoms with E-state index in [1.54, 1.807) is 5.38 Å². The lowest BCUT2D eigenvalue weighted by Crippen LogP contribution is -2.15. The molecule has 0 aliphatic rings. The lowest BCUT2D eigenvalue weighted by atomic mass is 10.1. The Kier molecular flexibility index (Phi) is 3.91. The van der Waals surface area contributed by atoms with Gasteiger partial charge in [-0.05, 0) is 17.7 Å². The number of anilines is 1. The average Bonchev–Trinajstić information content (AvgIpc) is 2.80. The van der Waals surface area contributed by atoms with Gasteiger partial charge in [0.05, 0.1) is 17.7 Å². The van der Waals surface area contributed by atoms with E-state index in [9.17, 15) is 14.0 Å². The van der Waals surface area contributed by atoms with E-state index in [1.165, 1.54) is 41.0 Å². The SMILES string of the molecule is O=C(Cc1ccc(F)cc1)Nc1cscc1C(=O)O. The average molecular weight is 279 g/mol. The number of rotatable bonds is 4. The van der Waals surface area contributed by atoms with E-state index in [2.05, 4.69) is 5.32 Å². The lowest BCUT2D eigenvalue weighted by molar-refractivity contribution is -0.115. The summed E-state index contributed by atoms with van der Waals surface area (Å²) in [5, 5.41) is 14.4. The van der Waals surface area contributed by atoms with Crippen molar-refractivity contribution in [3.63, 3.8) is 0 Å². The number of thiophene rings is 1. The number of nitrogens with one attached hydrogen (secondary N) is 1. The molecule has 0 unspecified atom stereocenters. The van der Waals surface area contributed by atoms with Gasteiger partial charge in [0.2, 0.25) is 5.91 Å². The van der Waals surface area contributed by atoms with Crippen LogP contribution < -0.4 is 5.32 Å². The number of carboxylic acids is 1. The molecule has 1 amide bonds. The van der Waals surface area contributed by atoms with Gasteiger partial charge in [-0.3, -0.25) is 4.79 Å². The van der Waals surface area contributed by atoms with E-state index in [1.807, 2.05) is 0 Å². The van der Waals surface area contributed by atoms with Gasteiger partial charge in [-0.25, -0.2) is 9.18 Å². The highest BCUT2D eigenvalue weighted by molar-refractivity contribution is 7.08. The minimum absolute atomic E-state index is 0.0647. The number of aromatic carboxylic acids is 1. The highest BCUT2D eigenvalue weighted by Crippen LogP contribution is 2.21. The molecule has 0 saturated heterocycles. The molecule has 0 spiro atoms. The number of halogens is 1. The fourth-order valence-corrected chi connectivity index (χ4v) is 2.30. The van der Waals surface area contributed by atoms with Crippen molar-refractivity contribution in [2.75, 3.05) is 5.32 Å². The highest BCUT2D eigenvalue weighted by Gasteiger charge is 2.13. The van der Waals surface area contributed by atoms with Crippen molar-refractivity contribution < 1.29 is 19.1 Å². The van der Waals surface area contributed by atoms with Gasteiger partial charge in [0.15, 0.2) is 0 Å². The molecular weight excluding hydrogens is 269 g/mol. The summed E-state index contributed by atoms with van der Waals surface area (Å²) in [4.78, 5) is 22.6. The van der Waals surface area contributed by atoms with Gasteiger partial charge in [-0.2, -0.15) is 0 Å². The number of hydrogen-bond donors (Lipinski definition) is 2. The first kappa shape index (κ1) is 13.2. The summed E-state index contributed by atoms with van der Waals surface area (Å²) in [5.74, 6) is -1.79. The highest BCUT2D eigenvalue weighted by atomic mass is 32.1. The van der Waals surface area contributed by atoms with Crippen molar-refractivity contribution >= 4 is 28.9 Å². The van der Waals surface area contributed by atoms with E-state index < -0.39 is 5.97 Å². The number of benzene rings is 1. The number of carboxylic acid groups (broad SMARTS) is 1. The molecule has 0 saturated carbocycles. The molecule has 0 fully saturated rings. The molecular formula is C13H10FNO3S. The predicted molar refractivity (Wildman–Crippen MR) is 70.0 cm³/mol. The summed E-state index contributed by atoms with van der Waals surface area (Å²) in [5.41, 5.74) is 1.01. The van der Waals surface area contributed by atoms with Crippen LogP contribution in [0.2, 0.25) is 0 Å². The molecule has 0 aliphatic heterocycles. The van der Waals surface area contributed by atoms with E-state index in [-0.39, 0.29) is 29.4 Å². The molecule has 0 atom stereocenters. The third-order valence-electron chi connectivity index (χ3n) is 2.44. The van der Waals surface area contributed by atoms with E-state index in [4.69, 9.17) is 5.11 Å². The van der Waals surface area contributed by atoms with Crippen molar-refractivity contribution in [3.8, 4) is 0 Å². The molecule has 0 aliphatic carbocycles. The van der Waals surface area contributed by atoms with Gasteiger partial charge in [-0.15, -0.1) is 11.3 Å². The standard InChI is InChI=1S/C13H10FNO3S/c14-9-3-1-8(2-4-9)5-12(16)15-11-7-19-6-10(11)13(17)18/h1-4,6-7H,5H2,(H,15,16)(H,17,18). The third-order valence-corrected chi connectivity index (χ3v) is 3.19. The lowest BCUT2D eigenvalue weighted by Gasteiger charge is -2.04. The topological polar surface area (TPSA) is 66.4 Å². The van der Waals surface area contributed by atoms with Gasteiger partial charge in [-0.1, -0.05) is 12.1 Å². The quantitative estimate of drug-likeness (QED) is 0.904. The molecule has 2 aromatic rings. The molecule has 1 heterocycles. The normalized spacial score (nSPS) is 10.2. The fraction of sp³-hybridized carbons (Fsp3) is 0.0769. The van der Waals surface area contributed by atoms with Gasteiger partial charge < -0.3 is 10.4 Å². The molecule has 4 nitrogen and oxygen atoms in total. The zero-order valence-electron chi connectivity index (χ0n) is 9.72. The second kappa shape index (κ2) is 5.62. The van der Waals surface area contributed by atoms with Crippen molar-refractivity contribution in [1.82, 2.24) is 0 Å².